The number of allylic oxidation sites excluding steroid dienone is 2. The Hall–Kier alpha value is -1.50. The Bertz CT molecular complexity index is 299. The molecule has 0 radical (unpaired) electrons. The monoisotopic (exact) mass is 172 g/mol. The molecule has 0 saturated heterocycles. The predicted molar refractivity (Wildman–Crippen MR) is 53.8 cm³/mol. The predicted octanol–water partition coefficient (Wildman–Crippen LogP) is 2.95. The van der Waals surface area contributed by atoms with E-state index in [0.717, 1.165) is 12.2 Å². The van der Waals surface area contributed by atoms with E-state index in [1.165, 1.54) is 0 Å². The van der Waals surface area contributed by atoms with E-state index in [1.54, 1.807) is 0 Å². The largest absolute Gasteiger partial charge is 0.482 e. The van der Waals surface area contributed by atoms with Crippen LogP contribution in [-0.4, -0.2) is 6.10 Å². The third-order valence-corrected chi connectivity index (χ3v) is 1.94. The molecule has 0 bridgehead atoms. The van der Waals surface area contributed by atoms with Gasteiger partial charge in [0.15, 0.2) is 0 Å². The Morgan fingerprint density at radius 3 is 2.38 bits per heavy atom. The first kappa shape index (κ1) is 8.11. The summed E-state index contributed by atoms with van der Waals surface area (Å²) in [4.78, 5) is 0. The minimum atomic E-state index is 0.108. The van der Waals surface area contributed by atoms with Gasteiger partial charge in [-0.1, -0.05) is 30.4 Å². The van der Waals surface area contributed by atoms with Crippen molar-refractivity contribution in [2.75, 3.05) is 0 Å². The van der Waals surface area contributed by atoms with E-state index in [0.29, 0.717) is 0 Å². The summed E-state index contributed by atoms with van der Waals surface area (Å²) in [6.45, 7) is 0. The van der Waals surface area contributed by atoms with E-state index in [9.17, 15) is 0 Å². The van der Waals surface area contributed by atoms with Gasteiger partial charge in [-0.3, -0.25) is 0 Å². The normalized spacial score (nSPS) is 16.0. The first-order valence-electron chi connectivity index (χ1n) is 4.50. The van der Waals surface area contributed by atoms with Crippen molar-refractivity contribution in [1.29, 1.82) is 0 Å². The smallest absolute Gasteiger partial charge is 0.135 e. The molecule has 0 atom stereocenters. The molecule has 1 aromatic rings. The van der Waals surface area contributed by atoms with Crippen molar-refractivity contribution in [2.45, 2.75) is 12.5 Å². The molecule has 13 heavy (non-hydrogen) atoms. The average Bonchev–Trinajstić information content (AvgIpc) is 2.21. The fourth-order valence-electron chi connectivity index (χ4n) is 1.30. The van der Waals surface area contributed by atoms with E-state index < -0.39 is 0 Å². The Kier molecular flexibility index (Phi) is 2.46. The second-order valence-electron chi connectivity index (χ2n) is 2.99. The maximum atomic E-state index is 5.68. The average molecular weight is 172 g/mol. The van der Waals surface area contributed by atoms with Crippen molar-refractivity contribution in [3.8, 4) is 5.75 Å². The number of ether oxygens (including phenoxy) is 1. The molecule has 1 aromatic carbocycles. The summed E-state index contributed by atoms with van der Waals surface area (Å²) in [5, 5.41) is 0. The SMILES string of the molecule is C1=CC(Oc2ccccc2)C=CC1. The van der Waals surface area contributed by atoms with Crippen molar-refractivity contribution < 1.29 is 4.74 Å². The minimum Gasteiger partial charge on any atom is -0.482 e. The first-order valence-corrected chi connectivity index (χ1v) is 4.50. The maximum Gasteiger partial charge on any atom is 0.135 e. The van der Waals surface area contributed by atoms with Gasteiger partial charge in [0.1, 0.15) is 11.9 Å². The molecule has 0 spiro atoms. The van der Waals surface area contributed by atoms with Crippen molar-refractivity contribution in [3.63, 3.8) is 0 Å². The lowest BCUT2D eigenvalue weighted by Gasteiger charge is -2.13. The molecule has 0 saturated carbocycles. The highest BCUT2D eigenvalue weighted by Gasteiger charge is 2.03. The summed E-state index contributed by atoms with van der Waals surface area (Å²) >= 11 is 0. The summed E-state index contributed by atoms with van der Waals surface area (Å²) in [5.74, 6) is 0.920. The Labute approximate surface area is 78.3 Å². The van der Waals surface area contributed by atoms with Crippen molar-refractivity contribution >= 4 is 0 Å². The molecule has 0 unspecified atom stereocenters. The number of para-hydroxylation sites is 1. The molecular formula is C12H12O. The van der Waals surface area contributed by atoms with Crippen LogP contribution in [0.2, 0.25) is 0 Å². The van der Waals surface area contributed by atoms with Gasteiger partial charge in [-0.15, -0.1) is 0 Å². The molecule has 1 aliphatic rings. The maximum absolute atomic E-state index is 5.68. The quantitative estimate of drug-likeness (QED) is 0.623. The summed E-state index contributed by atoms with van der Waals surface area (Å²) < 4.78 is 5.68. The zero-order valence-corrected chi connectivity index (χ0v) is 7.39. The zero-order chi connectivity index (χ0) is 8.93. The van der Waals surface area contributed by atoms with Crippen molar-refractivity contribution in [3.05, 3.63) is 54.6 Å². The van der Waals surface area contributed by atoms with Gasteiger partial charge in [-0.25, -0.2) is 0 Å². The van der Waals surface area contributed by atoms with Crippen LogP contribution < -0.4 is 4.74 Å². The molecule has 0 N–H and O–H groups in total. The lowest BCUT2D eigenvalue weighted by atomic mass is 10.2. The number of rotatable bonds is 2. The van der Waals surface area contributed by atoms with Crippen LogP contribution in [0.25, 0.3) is 0 Å². The van der Waals surface area contributed by atoms with Gasteiger partial charge in [0.2, 0.25) is 0 Å². The molecule has 0 aromatic heterocycles. The van der Waals surface area contributed by atoms with Crippen molar-refractivity contribution in [1.82, 2.24) is 0 Å². The van der Waals surface area contributed by atoms with Crippen LogP contribution in [0.4, 0.5) is 0 Å². The molecular weight excluding hydrogens is 160 g/mol. The van der Waals surface area contributed by atoms with Gasteiger partial charge in [-0.2, -0.15) is 0 Å². The molecule has 2 rings (SSSR count). The van der Waals surface area contributed by atoms with Crippen LogP contribution >= 0.6 is 0 Å². The fraction of sp³-hybridized carbons (Fsp3) is 0.167. The van der Waals surface area contributed by atoms with Crippen LogP contribution in [-0.2, 0) is 0 Å². The third kappa shape index (κ3) is 2.22. The van der Waals surface area contributed by atoms with Crippen LogP contribution in [0.3, 0.4) is 0 Å². The molecule has 0 amide bonds. The van der Waals surface area contributed by atoms with Crippen molar-refractivity contribution in [2.24, 2.45) is 0 Å². The highest BCUT2D eigenvalue weighted by Crippen LogP contribution is 2.14. The second-order valence-corrected chi connectivity index (χ2v) is 2.99. The van der Waals surface area contributed by atoms with Crippen LogP contribution in [0.5, 0.6) is 5.75 Å². The molecule has 1 aliphatic carbocycles. The van der Waals surface area contributed by atoms with Crippen LogP contribution in [0, 0.1) is 0 Å². The van der Waals surface area contributed by atoms with Crippen LogP contribution in [0.1, 0.15) is 6.42 Å². The Morgan fingerprint density at radius 2 is 1.69 bits per heavy atom. The topological polar surface area (TPSA) is 9.23 Å². The lowest BCUT2D eigenvalue weighted by Crippen LogP contribution is -2.11. The van der Waals surface area contributed by atoms with E-state index in [4.69, 9.17) is 4.74 Å². The van der Waals surface area contributed by atoms with Gasteiger partial charge in [-0.05, 0) is 30.7 Å². The summed E-state index contributed by atoms with van der Waals surface area (Å²) in [6.07, 6.45) is 9.52. The van der Waals surface area contributed by atoms with E-state index in [2.05, 4.69) is 24.3 Å². The van der Waals surface area contributed by atoms with Gasteiger partial charge < -0.3 is 4.74 Å². The molecule has 66 valence electrons. The summed E-state index contributed by atoms with van der Waals surface area (Å²) in [5.41, 5.74) is 0. The van der Waals surface area contributed by atoms with E-state index >= 15 is 0 Å². The summed E-state index contributed by atoms with van der Waals surface area (Å²) in [7, 11) is 0. The fourth-order valence-corrected chi connectivity index (χ4v) is 1.30. The van der Waals surface area contributed by atoms with Gasteiger partial charge in [0.25, 0.3) is 0 Å². The Morgan fingerprint density at radius 1 is 1.00 bits per heavy atom. The lowest BCUT2D eigenvalue weighted by molar-refractivity contribution is 0.294. The minimum absolute atomic E-state index is 0.108. The molecule has 1 nitrogen and oxygen atoms in total. The van der Waals surface area contributed by atoms with Crippen LogP contribution in [0.15, 0.2) is 54.6 Å². The highest BCUT2D eigenvalue weighted by atomic mass is 16.5. The van der Waals surface area contributed by atoms with E-state index in [-0.39, 0.29) is 6.10 Å². The highest BCUT2D eigenvalue weighted by molar-refractivity contribution is 5.23. The second kappa shape index (κ2) is 3.94. The standard InChI is InChI=1S/C12H12O/c1-3-7-11(8-4-1)13-12-9-5-2-6-10-12/h1,3-10,12H,2H2. The van der Waals surface area contributed by atoms with Gasteiger partial charge in [0, 0.05) is 0 Å². The summed E-state index contributed by atoms with van der Waals surface area (Å²) in [6, 6.07) is 9.88. The molecule has 0 fully saturated rings. The number of hydrogen-bond donors (Lipinski definition) is 0. The number of benzene rings is 1. The number of hydrogen-bond acceptors (Lipinski definition) is 1. The molecule has 0 heterocycles. The Balaban J connectivity index is 2.02. The van der Waals surface area contributed by atoms with E-state index in [1.807, 2.05) is 30.3 Å². The zero-order valence-electron chi connectivity index (χ0n) is 7.39. The van der Waals surface area contributed by atoms with Gasteiger partial charge >= 0.3 is 0 Å². The molecule has 1 heteroatoms. The third-order valence-electron chi connectivity index (χ3n) is 1.94. The molecule has 0 aliphatic heterocycles. The van der Waals surface area contributed by atoms with Gasteiger partial charge in [0.05, 0.1) is 0 Å². The first-order chi connectivity index (χ1) is 6.45.